The van der Waals surface area contributed by atoms with Crippen molar-refractivity contribution < 1.29 is 9.53 Å². The Hall–Kier alpha value is -2.93. The van der Waals surface area contributed by atoms with E-state index in [2.05, 4.69) is 15.4 Å². The molecule has 1 amide bonds. The summed E-state index contributed by atoms with van der Waals surface area (Å²) in [5, 5.41) is 12.8. The molecule has 0 N–H and O–H groups in total. The smallest absolute Gasteiger partial charge is 0.246 e. The molecule has 27 heavy (non-hydrogen) atoms. The van der Waals surface area contributed by atoms with E-state index in [0.29, 0.717) is 24.0 Å². The molecule has 0 unspecified atom stereocenters. The minimum Gasteiger partial charge on any atom is -0.491 e. The lowest BCUT2D eigenvalue weighted by molar-refractivity contribution is -0.131. The van der Waals surface area contributed by atoms with E-state index < -0.39 is 0 Å². The Morgan fingerprint density at radius 1 is 1.19 bits per heavy atom. The van der Waals surface area contributed by atoms with E-state index in [1.807, 2.05) is 31.2 Å². The van der Waals surface area contributed by atoms with Crippen molar-refractivity contribution in [3.63, 3.8) is 0 Å². The highest BCUT2D eigenvalue weighted by atomic mass is 35.5. The third-order valence-electron chi connectivity index (χ3n) is 4.04. The van der Waals surface area contributed by atoms with Crippen molar-refractivity contribution in [3.8, 4) is 17.1 Å². The van der Waals surface area contributed by atoms with Gasteiger partial charge in [0.2, 0.25) is 11.7 Å². The Kier molecular flexibility index (Phi) is 6.03. The highest BCUT2D eigenvalue weighted by molar-refractivity contribution is 6.30. The van der Waals surface area contributed by atoms with Gasteiger partial charge in [-0.05, 0) is 48.0 Å². The summed E-state index contributed by atoms with van der Waals surface area (Å²) in [6.07, 6.45) is 0. The Morgan fingerprint density at radius 3 is 2.67 bits per heavy atom. The van der Waals surface area contributed by atoms with Crippen molar-refractivity contribution in [3.05, 3.63) is 59.1 Å². The van der Waals surface area contributed by atoms with Crippen molar-refractivity contribution in [2.24, 2.45) is 0 Å². The number of para-hydroxylation sites is 1. The molecule has 0 spiro atoms. The number of tetrazole rings is 1. The van der Waals surface area contributed by atoms with Gasteiger partial charge in [-0.25, -0.2) is 0 Å². The lowest BCUT2D eigenvalue weighted by Crippen LogP contribution is -2.34. The van der Waals surface area contributed by atoms with Crippen molar-refractivity contribution in [1.82, 2.24) is 25.1 Å². The summed E-state index contributed by atoms with van der Waals surface area (Å²) >= 11 is 5.88. The van der Waals surface area contributed by atoms with Gasteiger partial charge in [-0.1, -0.05) is 29.8 Å². The van der Waals surface area contributed by atoms with E-state index in [-0.39, 0.29) is 12.5 Å². The molecule has 0 saturated carbocycles. The van der Waals surface area contributed by atoms with Gasteiger partial charge >= 0.3 is 0 Å². The van der Waals surface area contributed by atoms with Crippen LogP contribution in [0.5, 0.6) is 5.75 Å². The number of ether oxygens (including phenoxy) is 1. The summed E-state index contributed by atoms with van der Waals surface area (Å²) in [5.74, 6) is 1.15. The van der Waals surface area contributed by atoms with Crippen molar-refractivity contribution in [2.75, 3.05) is 20.2 Å². The Balaban J connectivity index is 1.51. The van der Waals surface area contributed by atoms with Crippen LogP contribution in [0.3, 0.4) is 0 Å². The number of carbonyl (C=O) groups excluding carboxylic acids is 1. The number of carbonyl (C=O) groups is 1. The summed E-state index contributed by atoms with van der Waals surface area (Å²) in [6, 6.07) is 14.9. The second-order valence-corrected chi connectivity index (χ2v) is 6.52. The summed E-state index contributed by atoms with van der Waals surface area (Å²) in [6.45, 7) is 2.88. The second-order valence-electron chi connectivity index (χ2n) is 6.08. The molecular weight excluding hydrogens is 366 g/mol. The number of likely N-dealkylation sites (N-methyl/N-ethyl adjacent to an activating group) is 1. The average molecular weight is 386 g/mol. The van der Waals surface area contributed by atoms with Gasteiger partial charge in [0.15, 0.2) is 0 Å². The number of aryl methyl sites for hydroxylation is 1. The number of benzene rings is 2. The highest BCUT2D eigenvalue weighted by Crippen LogP contribution is 2.17. The molecule has 7 nitrogen and oxygen atoms in total. The SMILES string of the molecule is Cc1ccccc1OCCN(C)C(=O)Cn1nnc(-c2ccc(Cl)cc2)n1. The highest BCUT2D eigenvalue weighted by Gasteiger charge is 2.13. The molecule has 3 rings (SSSR count). The number of aromatic nitrogens is 4. The van der Waals surface area contributed by atoms with E-state index in [1.54, 1.807) is 36.2 Å². The molecule has 0 aliphatic heterocycles. The van der Waals surface area contributed by atoms with Crippen molar-refractivity contribution >= 4 is 17.5 Å². The zero-order valence-electron chi connectivity index (χ0n) is 15.2. The largest absolute Gasteiger partial charge is 0.491 e. The second kappa shape index (κ2) is 8.64. The topological polar surface area (TPSA) is 73.1 Å². The quantitative estimate of drug-likeness (QED) is 0.625. The first-order chi connectivity index (χ1) is 13.0. The lowest BCUT2D eigenvalue weighted by Gasteiger charge is -2.17. The van der Waals surface area contributed by atoms with Crippen LogP contribution in [0.2, 0.25) is 5.02 Å². The Bertz CT molecular complexity index is 910. The van der Waals surface area contributed by atoms with Gasteiger partial charge < -0.3 is 9.64 Å². The van der Waals surface area contributed by atoms with E-state index in [1.165, 1.54) is 4.80 Å². The zero-order chi connectivity index (χ0) is 19.2. The molecule has 0 fully saturated rings. The molecule has 3 aromatic rings. The molecule has 140 valence electrons. The number of hydrogen-bond acceptors (Lipinski definition) is 5. The van der Waals surface area contributed by atoms with Gasteiger partial charge in [-0.2, -0.15) is 4.80 Å². The van der Waals surface area contributed by atoms with Crippen molar-refractivity contribution in [1.29, 1.82) is 0 Å². The van der Waals surface area contributed by atoms with Gasteiger partial charge in [0.1, 0.15) is 18.9 Å². The van der Waals surface area contributed by atoms with E-state index in [4.69, 9.17) is 16.3 Å². The number of amides is 1. The number of nitrogens with zero attached hydrogens (tertiary/aromatic N) is 5. The zero-order valence-corrected chi connectivity index (χ0v) is 15.9. The van der Waals surface area contributed by atoms with Crippen LogP contribution >= 0.6 is 11.6 Å². The molecule has 8 heteroatoms. The van der Waals surface area contributed by atoms with Crippen LogP contribution in [-0.4, -0.2) is 51.2 Å². The summed E-state index contributed by atoms with van der Waals surface area (Å²) in [4.78, 5) is 15.2. The molecular formula is C19H20ClN5O2. The van der Waals surface area contributed by atoms with Gasteiger partial charge in [0.05, 0.1) is 6.54 Å². The number of rotatable bonds is 7. The van der Waals surface area contributed by atoms with Crippen LogP contribution in [0, 0.1) is 6.92 Å². The maximum absolute atomic E-state index is 12.3. The van der Waals surface area contributed by atoms with E-state index in [9.17, 15) is 4.79 Å². The molecule has 0 radical (unpaired) electrons. The summed E-state index contributed by atoms with van der Waals surface area (Å²) in [5.41, 5.74) is 1.85. The van der Waals surface area contributed by atoms with Crippen LogP contribution in [0.1, 0.15) is 5.56 Å². The Morgan fingerprint density at radius 2 is 1.93 bits per heavy atom. The molecule has 1 aromatic heterocycles. The molecule has 0 atom stereocenters. The van der Waals surface area contributed by atoms with E-state index in [0.717, 1.165) is 16.9 Å². The van der Waals surface area contributed by atoms with Crippen LogP contribution < -0.4 is 4.74 Å². The first kappa shape index (κ1) is 18.8. The Labute approximate surface area is 162 Å². The fourth-order valence-electron chi connectivity index (χ4n) is 2.40. The normalized spacial score (nSPS) is 10.6. The lowest BCUT2D eigenvalue weighted by atomic mass is 10.2. The predicted octanol–water partition coefficient (Wildman–Crippen LogP) is 2.84. The third kappa shape index (κ3) is 5.04. The molecule has 1 heterocycles. The first-order valence-corrected chi connectivity index (χ1v) is 8.87. The molecule has 0 bridgehead atoms. The maximum atomic E-state index is 12.3. The molecule has 0 aliphatic carbocycles. The number of halogens is 1. The van der Waals surface area contributed by atoms with Crippen LogP contribution in [0.25, 0.3) is 11.4 Å². The van der Waals surface area contributed by atoms with Crippen LogP contribution in [-0.2, 0) is 11.3 Å². The third-order valence-corrected chi connectivity index (χ3v) is 4.29. The van der Waals surface area contributed by atoms with Crippen LogP contribution in [0.15, 0.2) is 48.5 Å². The van der Waals surface area contributed by atoms with Crippen molar-refractivity contribution in [2.45, 2.75) is 13.5 Å². The maximum Gasteiger partial charge on any atom is 0.246 e. The fourth-order valence-corrected chi connectivity index (χ4v) is 2.53. The fraction of sp³-hybridized carbons (Fsp3) is 0.263. The first-order valence-electron chi connectivity index (χ1n) is 8.49. The van der Waals surface area contributed by atoms with E-state index >= 15 is 0 Å². The van der Waals surface area contributed by atoms with Gasteiger partial charge in [-0.15, -0.1) is 10.2 Å². The summed E-state index contributed by atoms with van der Waals surface area (Å²) < 4.78 is 5.72. The number of hydrogen-bond donors (Lipinski definition) is 0. The predicted molar refractivity (Wildman–Crippen MR) is 103 cm³/mol. The van der Waals surface area contributed by atoms with Gasteiger partial charge in [0.25, 0.3) is 0 Å². The molecule has 0 saturated heterocycles. The van der Waals surface area contributed by atoms with Gasteiger partial charge in [0, 0.05) is 17.6 Å². The monoisotopic (exact) mass is 385 g/mol. The van der Waals surface area contributed by atoms with Crippen LogP contribution in [0.4, 0.5) is 0 Å². The molecule has 0 aliphatic rings. The minimum atomic E-state index is -0.122. The van der Waals surface area contributed by atoms with Gasteiger partial charge in [-0.3, -0.25) is 4.79 Å². The summed E-state index contributed by atoms with van der Waals surface area (Å²) in [7, 11) is 1.72. The minimum absolute atomic E-state index is 0.0153. The average Bonchev–Trinajstić information content (AvgIpc) is 3.12. The molecule has 2 aromatic carbocycles. The standard InChI is InChI=1S/C19H20ClN5O2/c1-14-5-3-4-6-17(14)27-12-11-24(2)18(26)13-25-22-19(21-23-25)15-7-9-16(20)10-8-15/h3-10H,11-13H2,1-2H3.